The summed E-state index contributed by atoms with van der Waals surface area (Å²) < 4.78 is 0. The fraction of sp³-hybridized carbons (Fsp3) is 0.364. The van der Waals surface area contributed by atoms with E-state index in [4.69, 9.17) is 28.9 Å². The molecule has 1 aliphatic rings. The normalized spacial score (nSPS) is 15.6. The maximum absolute atomic E-state index is 11.8. The quantitative estimate of drug-likeness (QED) is 0.802. The summed E-state index contributed by atoms with van der Waals surface area (Å²) in [5.74, 6) is -0.145. The molecule has 1 amide bonds. The Hall–Kier alpha value is -0.930. The van der Waals surface area contributed by atoms with Gasteiger partial charge in [-0.05, 0) is 31.4 Å². The minimum absolute atomic E-state index is 0.145. The lowest BCUT2D eigenvalue weighted by Crippen LogP contribution is -2.39. The number of carbonyl (C=O) groups is 1. The van der Waals surface area contributed by atoms with Crippen molar-refractivity contribution in [2.75, 3.05) is 5.73 Å². The van der Waals surface area contributed by atoms with Crippen LogP contribution in [0.2, 0.25) is 10.0 Å². The second kappa shape index (κ2) is 4.52. The number of anilines is 1. The molecule has 1 aromatic carbocycles. The maximum Gasteiger partial charge on any atom is 0.251 e. The first kappa shape index (κ1) is 11.6. The lowest BCUT2D eigenvalue weighted by atomic mass is 9.93. The van der Waals surface area contributed by atoms with E-state index in [-0.39, 0.29) is 5.91 Å². The predicted molar refractivity (Wildman–Crippen MR) is 66.0 cm³/mol. The highest BCUT2D eigenvalue weighted by Gasteiger charge is 2.20. The monoisotopic (exact) mass is 258 g/mol. The average molecular weight is 259 g/mol. The zero-order valence-electron chi connectivity index (χ0n) is 8.59. The molecule has 0 heterocycles. The van der Waals surface area contributed by atoms with Crippen molar-refractivity contribution >= 4 is 34.8 Å². The smallest absolute Gasteiger partial charge is 0.251 e. The van der Waals surface area contributed by atoms with E-state index in [0.29, 0.717) is 27.3 Å². The number of rotatable bonds is 2. The summed E-state index contributed by atoms with van der Waals surface area (Å²) in [6.07, 6.45) is 3.26. The van der Waals surface area contributed by atoms with Crippen molar-refractivity contribution in [1.82, 2.24) is 5.32 Å². The molecule has 3 N–H and O–H groups in total. The molecule has 0 atom stereocenters. The van der Waals surface area contributed by atoms with Gasteiger partial charge in [-0.15, -0.1) is 0 Å². The number of carbonyl (C=O) groups excluding carboxylic acids is 1. The highest BCUT2D eigenvalue weighted by atomic mass is 35.5. The van der Waals surface area contributed by atoms with Crippen LogP contribution in [0.3, 0.4) is 0 Å². The highest BCUT2D eigenvalue weighted by molar-refractivity contribution is 6.39. The first-order valence-electron chi connectivity index (χ1n) is 5.13. The second-order valence-electron chi connectivity index (χ2n) is 3.95. The van der Waals surface area contributed by atoms with E-state index < -0.39 is 0 Å². The van der Waals surface area contributed by atoms with Gasteiger partial charge in [0, 0.05) is 11.6 Å². The van der Waals surface area contributed by atoms with Crippen LogP contribution in [0, 0.1) is 0 Å². The van der Waals surface area contributed by atoms with Gasteiger partial charge in [0.1, 0.15) is 0 Å². The summed E-state index contributed by atoms with van der Waals surface area (Å²) in [4.78, 5) is 11.8. The molecule has 1 fully saturated rings. The van der Waals surface area contributed by atoms with Crippen LogP contribution in [0.1, 0.15) is 29.6 Å². The van der Waals surface area contributed by atoms with E-state index in [1.807, 2.05) is 0 Å². The summed E-state index contributed by atoms with van der Waals surface area (Å²) in [5, 5.41) is 3.53. The van der Waals surface area contributed by atoms with E-state index in [1.54, 1.807) is 0 Å². The third-order valence-electron chi connectivity index (χ3n) is 2.78. The first-order chi connectivity index (χ1) is 7.58. The molecule has 1 saturated carbocycles. The number of nitrogens with one attached hydrogen (secondary N) is 1. The number of hydrogen-bond donors (Lipinski definition) is 2. The fourth-order valence-corrected chi connectivity index (χ4v) is 2.02. The molecule has 0 spiro atoms. The largest absolute Gasteiger partial charge is 0.396 e. The van der Waals surface area contributed by atoms with Gasteiger partial charge in [0.25, 0.3) is 5.91 Å². The van der Waals surface area contributed by atoms with Crippen LogP contribution in [0.5, 0.6) is 0 Å². The predicted octanol–water partition coefficient (Wildman–Crippen LogP) is 2.86. The molecule has 0 radical (unpaired) electrons. The summed E-state index contributed by atoms with van der Waals surface area (Å²) in [6.45, 7) is 0. The Morgan fingerprint density at radius 1 is 1.31 bits per heavy atom. The number of amides is 1. The molecule has 0 unspecified atom stereocenters. The van der Waals surface area contributed by atoms with Crippen molar-refractivity contribution in [3.63, 3.8) is 0 Å². The van der Waals surface area contributed by atoms with E-state index in [1.165, 1.54) is 18.6 Å². The van der Waals surface area contributed by atoms with Gasteiger partial charge >= 0.3 is 0 Å². The van der Waals surface area contributed by atoms with E-state index in [0.717, 1.165) is 12.8 Å². The Kier molecular flexibility index (Phi) is 3.26. The van der Waals surface area contributed by atoms with E-state index in [9.17, 15) is 4.79 Å². The van der Waals surface area contributed by atoms with Crippen molar-refractivity contribution < 1.29 is 4.79 Å². The van der Waals surface area contributed by atoms with Crippen molar-refractivity contribution in [1.29, 1.82) is 0 Å². The Morgan fingerprint density at radius 3 is 2.31 bits per heavy atom. The molecule has 0 bridgehead atoms. The Morgan fingerprint density at radius 2 is 1.88 bits per heavy atom. The number of nitrogen functional groups attached to an aromatic ring is 1. The van der Waals surface area contributed by atoms with Crippen LogP contribution in [0.15, 0.2) is 12.1 Å². The minimum Gasteiger partial charge on any atom is -0.396 e. The first-order valence-corrected chi connectivity index (χ1v) is 5.89. The molecule has 0 saturated heterocycles. The standard InChI is InChI=1S/C11H12Cl2N2O/c12-8-4-6(5-9(13)10(8)14)11(16)15-7-2-1-3-7/h4-5,7H,1-3,14H2,(H,15,16). The van der Waals surface area contributed by atoms with Gasteiger partial charge in [-0.3, -0.25) is 4.79 Å². The van der Waals surface area contributed by atoms with Gasteiger partial charge in [0.15, 0.2) is 0 Å². The van der Waals surface area contributed by atoms with Gasteiger partial charge in [-0.1, -0.05) is 23.2 Å². The van der Waals surface area contributed by atoms with Gasteiger partial charge in [-0.2, -0.15) is 0 Å². The molecular formula is C11H12Cl2N2O. The third kappa shape index (κ3) is 2.25. The SMILES string of the molecule is Nc1c(Cl)cc(C(=O)NC2CCC2)cc1Cl. The molecule has 5 heteroatoms. The van der Waals surface area contributed by atoms with E-state index in [2.05, 4.69) is 5.32 Å². The molecule has 0 aliphatic heterocycles. The van der Waals surface area contributed by atoms with Crippen molar-refractivity contribution in [2.24, 2.45) is 0 Å². The molecule has 16 heavy (non-hydrogen) atoms. The molecule has 1 aromatic rings. The number of hydrogen-bond acceptors (Lipinski definition) is 2. The number of nitrogens with two attached hydrogens (primary N) is 1. The highest BCUT2D eigenvalue weighted by Crippen LogP contribution is 2.29. The zero-order chi connectivity index (χ0) is 11.7. The van der Waals surface area contributed by atoms with Crippen LogP contribution in [-0.4, -0.2) is 11.9 Å². The number of halogens is 2. The van der Waals surface area contributed by atoms with Gasteiger partial charge in [0.05, 0.1) is 15.7 Å². The maximum atomic E-state index is 11.8. The lowest BCUT2D eigenvalue weighted by molar-refractivity contribution is 0.0917. The van der Waals surface area contributed by atoms with Gasteiger partial charge in [-0.25, -0.2) is 0 Å². The van der Waals surface area contributed by atoms with E-state index >= 15 is 0 Å². The van der Waals surface area contributed by atoms with Gasteiger partial charge in [0.2, 0.25) is 0 Å². The van der Waals surface area contributed by atoms with Crippen molar-refractivity contribution in [3.8, 4) is 0 Å². The molecule has 2 rings (SSSR count). The summed E-state index contributed by atoms with van der Waals surface area (Å²) in [5.41, 5.74) is 6.36. The van der Waals surface area contributed by atoms with Crippen molar-refractivity contribution in [3.05, 3.63) is 27.7 Å². The average Bonchev–Trinajstić information content (AvgIpc) is 2.19. The van der Waals surface area contributed by atoms with Crippen LogP contribution < -0.4 is 11.1 Å². The van der Waals surface area contributed by atoms with Crippen LogP contribution >= 0.6 is 23.2 Å². The summed E-state index contributed by atoms with van der Waals surface area (Å²) in [7, 11) is 0. The topological polar surface area (TPSA) is 55.1 Å². The van der Waals surface area contributed by atoms with Crippen LogP contribution in [0.4, 0.5) is 5.69 Å². The molecule has 86 valence electrons. The van der Waals surface area contributed by atoms with Crippen molar-refractivity contribution in [2.45, 2.75) is 25.3 Å². The zero-order valence-corrected chi connectivity index (χ0v) is 10.1. The van der Waals surface area contributed by atoms with Crippen LogP contribution in [-0.2, 0) is 0 Å². The third-order valence-corrected chi connectivity index (χ3v) is 3.41. The summed E-state index contributed by atoms with van der Waals surface area (Å²) in [6, 6.07) is 3.37. The molecular weight excluding hydrogens is 247 g/mol. The molecule has 0 aromatic heterocycles. The van der Waals surface area contributed by atoms with Gasteiger partial charge < -0.3 is 11.1 Å². The molecule has 3 nitrogen and oxygen atoms in total. The van der Waals surface area contributed by atoms with Crippen LogP contribution in [0.25, 0.3) is 0 Å². The molecule has 1 aliphatic carbocycles. The Labute approximate surface area is 104 Å². The summed E-state index contributed by atoms with van der Waals surface area (Å²) >= 11 is 11.7. The lowest BCUT2D eigenvalue weighted by Gasteiger charge is -2.26. The Balaban J connectivity index is 2.16. The number of benzene rings is 1. The second-order valence-corrected chi connectivity index (χ2v) is 4.77. The minimum atomic E-state index is -0.145. The Bertz CT molecular complexity index is 407. The fourth-order valence-electron chi connectivity index (χ4n) is 1.54.